The zero-order valence-electron chi connectivity index (χ0n) is 14.1. The van der Waals surface area contributed by atoms with Gasteiger partial charge in [0.05, 0.1) is 5.75 Å². The van der Waals surface area contributed by atoms with Gasteiger partial charge in [0, 0.05) is 0 Å². The van der Waals surface area contributed by atoms with Gasteiger partial charge in [-0.2, -0.15) is 0 Å². The first-order valence-electron chi connectivity index (χ1n) is 8.12. The van der Waals surface area contributed by atoms with Gasteiger partial charge < -0.3 is 9.84 Å². The fourth-order valence-electron chi connectivity index (χ4n) is 2.47. The molecule has 5 nitrogen and oxygen atoms in total. The van der Waals surface area contributed by atoms with E-state index >= 15 is 0 Å². The van der Waals surface area contributed by atoms with E-state index in [2.05, 4.69) is 0 Å². The van der Waals surface area contributed by atoms with Crippen LogP contribution in [-0.4, -0.2) is 24.7 Å². The lowest BCUT2D eigenvalue weighted by atomic mass is 10.2. The molecule has 2 rings (SSSR count). The van der Waals surface area contributed by atoms with E-state index in [0.717, 1.165) is 5.56 Å². The minimum atomic E-state index is -3.75. The van der Waals surface area contributed by atoms with Crippen molar-refractivity contribution in [2.75, 3.05) is 0 Å². The van der Waals surface area contributed by atoms with E-state index in [-0.39, 0.29) is 19.6 Å². The summed E-state index contributed by atoms with van der Waals surface area (Å²) in [6, 6.07) is 16.4. The van der Waals surface area contributed by atoms with Gasteiger partial charge >= 0.3 is 5.97 Å². The van der Waals surface area contributed by atoms with Crippen molar-refractivity contribution in [3.05, 3.63) is 65.7 Å². The van der Waals surface area contributed by atoms with Gasteiger partial charge in [-0.25, -0.2) is 8.42 Å². The largest absolute Gasteiger partial charge is 0.489 e. The summed E-state index contributed by atoms with van der Waals surface area (Å²) in [6.07, 6.45) is 0.623. The second-order valence-corrected chi connectivity index (χ2v) is 8.02. The maximum Gasteiger partial charge on any atom is 0.321 e. The van der Waals surface area contributed by atoms with Crippen molar-refractivity contribution in [3.8, 4) is 5.75 Å². The molecule has 2 aromatic rings. The van der Waals surface area contributed by atoms with E-state index < -0.39 is 21.1 Å². The molecule has 0 spiro atoms. The molecule has 26 heavy (non-hydrogen) atoms. The Morgan fingerprint density at radius 3 is 2.19 bits per heavy atom. The monoisotopic (exact) mass is 378 g/mol. The fraction of sp³-hybridized carbons (Fsp3) is 0.350. The molecular weight excluding hydrogens is 352 g/mol. The van der Waals surface area contributed by atoms with Crippen LogP contribution >= 0.6 is 0 Å². The highest BCUT2D eigenvalue weighted by molar-refractivity contribution is 7.92. The molecule has 1 atom stereocenters. The first-order valence-corrected chi connectivity index (χ1v) is 9.84. The van der Waals surface area contributed by atoms with Crippen LogP contribution < -0.4 is 4.74 Å². The summed E-state index contributed by atoms with van der Waals surface area (Å²) in [5, 5.41) is 7.79. The normalized spacial score (nSPS) is 12.0. The number of carboxylic acids is 1. The van der Waals surface area contributed by atoms with E-state index in [1.807, 2.05) is 30.3 Å². The van der Waals surface area contributed by atoms with Gasteiger partial charge in [0.1, 0.15) is 12.4 Å². The number of aliphatic carboxylic acids is 1. The molecule has 1 unspecified atom stereocenters. The predicted octanol–water partition coefficient (Wildman–Crippen LogP) is 4.07. The molecule has 0 bridgehead atoms. The summed E-state index contributed by atoms with van der Waals surface area (Å²) < 4.78 is 30.3. The zero-order valence-corrected chi connectivity index (χ0v) is 14.9. The summed E-state index contributed by atoms with van der Waals surface area (Å²) in [6.45, 7) is 2.19. The summed E-state index contributed by atoms with van der Waals surface area (Å²) in [4.78, 5) is 11.2. The lowest BCUT2D eigenvalue weighted by Crippen LogP contribution is -2.31. The van der Waals surface area contributed by atoms with Crippen molar-refractivity contribution >= 4 is 15.8 Å². The van der Waals surface area contributed by atoms with Gasteiger partial charge in [-0.3, -0.25) is 4.79 Å². The topological polar surface area (TPSA) is 80.7 Å². The van der Waals surface area contributed by atoms with Crippen molar-refractivity contribution in [2.24, 2.45) is 0 Å². The molecule has 6 heteroatoms. The number of benzene rings is 2. The van der Waals surface area contributed by atoms with Crippen LogP contribution in [-0.2, 0) is 27.0 Å². The third-order valence-electron chi connectivity index (χ3n) is 3.80. The van der Waals surface area contributed by atoms with E-state index in [0.29, 0.717) is 24.3 Å². The molecule has 0 aliphatic heterocycles. The highest BCUT2D eigenvalue weighted by Gasteiger charge is 2.31. The van der Waals surface area contributed by atoms with Crippen molar-refractivity contribution in [1.82, 2.24) is 0 Å². The van der Waals surface area contributed by atoms with E-state index in [9.17, 15) is 13.2 Å². The Labute approximate surface area is 155 Å². The number of carbonyl (C=O) groups is 1. The SMILES string of the molecule is C.CCCC(C(=O)O)S(=O)(=O)Cc1ccc(OCc2ccccc2)cc1. The average molecular weight is 378 g/mol. The van der Waals surface area contributed by atoms with Crippen LogP contribution in [0.1, 0.15) is 38.3 Å². The molecule has 0 aromatic heterocycles. The van der Waals surface area contributed by atoms with Gasteiger partial charge in [0.2, 0.25) is 0 Å². The minimum Gasteiger partial charge on any atom is -0.489 e. The first kappa shape index (κ1) is 21.7. The molecule has 0 saturated heterocycles. The Kier molecular flexibility index (Phi) is 8.32. The van der Waals surface area contributed by atoms with Gasteiger partial charge in [0.25, 0.3) is 0 Å². The lowest BCUT2D eigenvalue weighted by Gasteiger charge is -2.13. The lowest BCUT2D eigenvalue weighted by molar-refractivity contribution is -0.136. The molecule has 0 heterocycles. The van der Waals surface area contributed by atoms with Crippen LogP contribution in [0.2, 0.25) is 0 Å². The van der Waals surface area contributed by atoms with Crippen molar-refractivity contribution in [2.45, 2.75) is 44.8 Å². The van der Waals surface area contributed by atoms with Crippen molar-refractivity contribution < 1.29 is 23.1 Å². The van der Waals surface area contributed by atoms with Crippen LogP contribution in [0.3, 0.4) is 0 Å². The Bertz CT molecular complexity index is 783. The van der Waals surface area contributed by atoms with E-state index in [1.165, 1.54) is 0 Å². The number of ether oxygens (including phenoxy) is 1. The van der Waals surface area contributed by atoms with Crippen LogP contribution in [0.4, 0.5) is 0 Å². The third-order valence-corrected chi connectivity index (χ3v) is 5.84. The highest BCUT2D eigenvalue weighted by Crippen LogP contribution is 2.19. The second kappa shape index (κ2) is 9.97. The van der Waals surface area contributed by atoms with Crippen LogP contribution in [0, 0.1) is 0 Å². The quantitative estimate of drug-likeness (QED) is 0.711. The Morgan fingerprint density at radius 2 is 1.65 bits per heavy atom. The summed E-state index contributed by atoms with van der Waals surface area (Å²) in [7, 11) is -3.75. The molecule has 1 N–H and O–H groups in total. The first-order chi connectivity index (χ1) is 11.9. The third kappa shape index (κ3) is 6.19. The van der Waals surface area contributed by atoms with Crippen LogP contribution in [0.5, 0.6) is 5.75 Å². The smallest absolute Gasteiger partial charge is 0.321 e. The molecule has 142 valence electrons. The van der Waals surface area contributed by atoms with Gasteiger partial charge in [-0.15, -0.1) is 0 Å². The molecule has 2 aromatic carbocycles. The van der Waals surface area contributed by atoms with Crippen molar-refractivity contribution in [3.63, 3.8) is 0 Å². The number of hydrogen-bond donors (Lipinski definition) is 1. The van der Waals surface area contributed by atoms with E-state index in [1.54, 1.807) is 31.2 Å². The maximum absolute atomic E-state index is 12.3. The predicted molar refractivity (Wildman–Crippen MR) is 103 cm³/mol. The minimum absolute atomic E-state index is 0. The summed E-state index contributed by atoms with van der Waals surface area (Å²) in [5.74, 6) is -0.943. The Balaban J connectivity index is 0.00000338. The standard InChI is InChI=1S/C19H22O5S.CH4/c1-2-6-18(19(20)21)25(22,23)14-16-9-11-17(12-10-16)24-13-15-7-4-3-5-8-15;/h3-5,7-12,18H,2,6,13-14H2,1H3,(H,20,21);1H4. The summed E-state index contributed by atoms with van der Waals surface area (Å²) >= 11 is 0. The van der Waals surface area contributed by atoms with Crippen molar-refractivity contribution in [1.29, 1.82) is 0 Å². The van der Waals surface area contributed by atoms with Gasteiger partial charge in [-0.05, 0) is 29.7 Å². The molecule has 0 saturated carbocycles. The average Bonchev–Trinajstić information content (AvgIpc) is 2.59. The van der Waals surface area contributed by atoms with Gasteiger partial charge in [-0.1, -0.05) is 63.2 Å². The maximum atomic E-state index is 12.3. The molecule has 0 radical (unpaired) electrons. The molecule has 0 amide bonds. The number of sulfone groups is 1. The Morgan fingerprint density at radius 1 is 1.04 bits per heavy atom. The van der Waals surface area contributed by atoms with Gasteiger partial charge in [0.15, 0.2) is 15.1 Å². The van der Waals surface area contributed by atoms with Crippen LogP contribution in [0.25, 0.3) is 0 Å². The number of hydrogen-bond acceptors (Lipinski definition) is 4. The highest BCUT2D eigenvalue weighted by atomic mass is 32.2. The second-order valence-electron chi connectivity index (χ2n) is 5.84. The molecular formula is C20H26O5S. The zero-order chi connectivity index (χ0) is 18.3. The fourth-order valence-corrected chi connectivity index (χ4v) is 4.23. The van der Waals surface area contributed by atoms with Crippen LogP contribution in [0.15, 0.2) is 54.6 Å². The molecule has 0 aliphatic rings. The number of carboxylic acid groups (broad SMARTS) is 1. The number of rotatable bonds is 9. The Hall–Kier alpha value is -2.34. The molecule has 0 fully saturated rings. The van der Waals surface area contributed by atoms with E-state index in [4.69, 9.17) is 9.84 Å². The molecule has 0 aliphatic carbocycles. The summed E-state index contributed by atoms with van der Waals surface area (Å²) in [5.41, 5.74) is 1.59.